The largest absolute Gasteiger partial charge is 0.484 e. The molecular formula is C22H17F3N2O5S. The lowest BCUT2D eigenvalue weighted by atomic mass is 10.1. The molecule has 4 rings (SSSR count). The Bertz CT molecular complexity index is 1300. The van der Waals surface area contributed by atoms with E-state index in [2.05, 4.69) is 5.32 Å². The lowest BCUT2D eigenvalue weighted by molar-refractivity contribution is 0.101. The molecule has 1 amide bonds. The van der Waals surface area contributed by atoms with Crippen LogP contribution in [-0.4, -0.2) is 38.7 Å². The van der Waals surface area contributed by atoms with Crippen molar-refractivity contribution in [3.63, 3.8) is 0 Å². The van der Waals surface area contributed by atoms with Gasteiger partial charge in [-0.3, -0.25) is 9.10 Å². The molecule has 1 heterocycles. The zero-order chi connectivity index (χ0) is 23.8. The summed E-state index contributed by atoms with van der Waals surface area (Å²) in [5, 5.41) is 11.9. The number of sulfonamides is 1. The molecule has 0 aromatic heterocycles. The first-order valence-electron chi connectivity index (χ1n) is 9.66. The molecule has 0 aliphatic carbocycles. The fourth-order valence-electron chi connectivity index (χ4n) is 3.35. The number of aliphatic hydroxyl groups is 1. The van der Waals surface area contributed by atoms with E-state index in [0.29, 0.717) is 0 Å². The predicted molar refractivity (Wildman–Crippen MR) is 113 cm³/mol. The van der Waals surface area contributed by atoms with E-state index in [-0.39, 0.29) is 28.6 Å². The van der Waals surface area contributed by atoms with Gasteiger partial charge in [0.05, 0.1) is 23.7 Å². The first kappa shape index (κ1) is 22.6. The molecule has 7 nitrogen and oxygen atoms in total. The molecule has 0 unspecified atom stereocenters. The topological polar surface area (TPSA) is 95.9 Å². The zero-order valence-corrected chi connectivity index (χ0v) is 17.7. The second-order valence-corrected chi connectivity index (χ2v) is 9.01. The molecule has 0 bridgehead atoms. The van der Waals surface area contributed by atoms with Crippen LogP contribution in [0, 0.1) is 17.5 Å². The Balaban J connectivity index is 1.72. The highest BCUT2D eigenvalue weighted by Gasteiger charge is 2.34. The minimum Gasteiger partial charge on any atom is -0.484 e. The van der Waals surface area contributed by atoms with E-state index in [9.17, 15) is 31.5 Å². The van der Waals surface area contributed by atoms with Gasteiger partial charge >= 0.3 is 0 Å². The maximum absolute atomic E-state index is 13.9. The summed E-state index contributed by atoms with van der Waals surface area (Å²) >= 11 is 0. The van der Waals surface area contributed by atoms with Gasteiger partial charge in [0, 0.05) is 5.69 Å². The van der Waals surface area contributed by atoms with Gasteiger partial charge in [0.25, 0.3) is 15.9 Å². The number of hydrogen-bond donors (Lipinski definition) is 2. The number of rotatable bonds is 5. The number of nitrogens with zero attached hydrogens (tertiary/aromatic N) is 1. The Kier molecular flexibility index (Phi) is 6.00. The highest BCUT2D eigenvalue weighted by atomic mass is 32.2. The van der Waals surface area contributed by atoms with Crippen molar-refractivity contribution in [1.29, 1.82) is 0 Å². The van der Waals surface area contributed by atoms with Gasteiger partial charge in [-0.25, -0.2) is 21.6 Å². The second-order valence-electron chi connectivity index (χ2n) is 7.15. The molecule has 3 aromatic carbocycles. The highest BCUT2D eigenvalue weighted by molar-refractivity contribution is 7.92. The summed E-state index contributed by atoms with van der Waals surface area (Å²) in [5.41, 5.74) is -0.717. The fraction of sp³-hybridized carbons (Fsp3) is 0.136. The van der Waals surface area contributed by atoms with E-state index in [4.69, 9.17) is 4.74 Å². The number of nitrogens with one attached hydrogen (secondary N) is 1. The van der Waals surface area contributed by atoms with Crippen molar-refractivity contribution in [2.75, 3.05) is 22.8 Å². The van der Waals surface area contributed by atoms with Crippen LogP contribution in [0.3, 0.4) is 0 Å². The molecule has 2 N–H and O–H groups in total. The molecule has 1 aliphatic heterocycles. The van der Waals surface area contributed by atoms with E-state index in [1.165, 1.54) is 18.2 Å². The molecule has 0 radical (unpaired) electrons. The smallest absolute Gasteiger partial charge is 0.264 e. The average Bonchev–Trinajstić information content (AvgIpc) is 2.78. The van der Waals surface area contributed by atoms with Gasteiger partial charge in [0.1, 0.15) is 34.9 Å². The minimum absolute atomic E-state index is 0.0239. The summed E-state index contributed by atoms with van der Waals surface area (Å²) in [6.07, 6.45) is -0.874. The van der Waals surface area contributed by atoms with Crippen molar-refractivity contribution < 1.29 is 36.2 Å². The number of halogens is 3. The fourth-order valence-corrected chi connectivity index (χ4v) is 4.85. The average molecular weight is 478 g/mol. The van der Waals surface area contributed by atoms with Gasteiger partial charge in [-0.15, -0.1) is 0 Å². The van der Waals surface area contributed by atoms with Crippen LogP contribution in [0.5, 0.6) is 5.75 Å². The maximum atomic E-state index is 13.9. The van der Waals surface area contributed by atoms with E-state index < -0.39 is 51.7 Å². The number of amides is 1. The molecule has 172 valence electrons. The van der Waals surface area contributed by atoms with Crippen LogP contribution >= 0.6 is 0 Å². The Labute approximate surface area is 187 Å². The summed E-state index contributed by atoms with van der Waals surface area (Å²) in [7, 11) is -4.20. The number of benzene rings is 3. The third-order valence-electron chi connectivity index (χ3n) is 4.94. The first-order chi connectivity index (χ1) is 15.7. The summed E-state index contributed by atoms with van der Waals surface area (Å²) in [6, 6.07) is 11.2. The molecule has 1 aliphatic rings. The van der Waals surface area contributed by atoms with Crippen molar-refractivity contribution in [3.8, 4) is 5.75 Å². The first-order valence-corrected chi connectivity index (χ1v) is 11.1. The molecule has 1 atom stereocenters. The van der Waals surface area contributed by atoms with Crippen molar-refractivity contribution in [1.82, 2.24) is 0 Å². The molecule has 11 heteroatoms. The zero-order valence-electron chi connectivity index (χ0n) is 16.8. The van der Waals surface area contributed by atoms with Gasteiger partial charge in [-0.1, -0.05) is 6.07 Å². The van der Waals surface area contributed by atoms with Crippen LogP contribution in [0.25, 0.3) is 0 Å². The van der Waals surface area contributed by atoms with E-state index >= 15 is 0 Å². The molecule has 33 heavy (non-hydrogen) atoms. The third-order valence-corrected chi connectivity index (χ3v) is 6.74. The minimum atomic E-state index is -4.20. The lowest BCUT2D eigenvalue weighted by Gasteiger charge is -2.35. The van der Waals surface area contributed by atoms with Crippen molar-refractivity contribution in [3.05, 3.63) is 83.7 Å². The Morgan fingerprint density at radius 2 is 1.73 bits per heavy atom. The summed E-state index contributed by atoms with van der Waals surface area (Å²) in [5.74, 6) is -3.69. The number of aliphatic hydroxyl groups excluding tert-OH is 1. The summed E-state index contributed by atoms with van der Waals surface area (Å²) < 4.78 is 74.2. The predicted octanol–water partition coefficient (Wildman–Crippen LogP) is 3.30. The number of anilines is 2. The van der Waals surface area contributed by atoms with Gasteiger partial charge < -0.3 is 15.2 Å². The van der Waals surface area contributed by atoms with Crippen LogP contribution in [0.4, 0.5) is 24.5 Å². The van der Waals surface area contributed by atoms with Crippen LogP contribution in [0.2, 0.25) is 0 Å². The summed E-state index contributed by atoms with van der Waals surface area (Å²) in [6.45, 7) is -0.734. The standard InChI is InChI=1S/C22H17F3N2O5S/c23-13-4-7-16(8-5-13)33(30,31)27-11-15(12-28)32-20-9-6-14(10-19(20)27)26-22(29)21-17(24)2-1-3-18(21)25/h1-10,15,28H,11-12H2,(H,26,29)/t15-/m1/s1. The number of fused-ring (bicyclic) bond motifs is 1. The van der Waals surface area contributed by atoms with Crippen LogP contribution < -0.4 is 14.4 Å². The van der Waals surface area contributed by atoms with Crippen molar-refractivity contribution in [2.45, 2.75) is 11.0 Å². The van der Waals surface area contributed by atoms with E-state index in [1.807, 2.05) is 0 Å². The normalized spacial score (nSPS) is 15.5. The lowest BCUT2D eigenvalue weighted by Crippen LogP contribution is -2.45. The molecule has 0 fully saturated rings. The highest BCUT2D eigenvalue weighted by Crippen LogP contribution is 2.39. The van der Waals surface area contributed by atoms with Crippen molar-refractivity contribution >= 4 is 27.3 Å². The van der Waals surface area contributed by atoms with E-state index in [0.717, 1.165) is 46.8 Å². The third kappa shape index (κ3) is 4.37. The Hall–Kier alpha value is -3.57. The number of carbonyl (C=O) groups excluding carboxylic acids is 1. The van der Waals surface area contributed by atoms with Gasteiger partial charge in [-0.05, 0) is 54.6 Å². The van der Waals surface area contributed by atoms with Crippen molar-refractivity contribution in [2.24, 2.45) is 0 Å². The second kappa shape index (κ2) is 8.75. The Morgan fingerprint density at radius 1 is 1.06 bits per heavy atom. The van der Waals surface area contributed by atoms with Gasteiger partial charge in [-0.2, -0.15) is 0 Å². The molecule has 0 saturated carbocycles. The molecule has 0 saturated heterocycles. The summed E-state index contributed by atoms with van der Waals surface area (Å²) in [4.78, 5) is 12.2. The monoisotopic (exact) mass is 478 g/mol. The molecule has 3 aromatic rings. The van der Waals surface area contributed by atoms with Crippen LogP contribution in [-0.2, 0) is 10.0 Å². The van der Waals surface area contributed by atoms with E-state index in [1.54, 1.807) is 0 Å². The molecular weight excluding hydrogens is 461 g/mol. The van der Waals surface area contributed by atoms with Gasteiger partial charge in [0.15, 0.2) is 0 Å². The maximum Gasteiger partial charge on any atom is 0.264 e. The quantitative estimate of drug-likeness (QED) is 0.587. The molecule has 0 spiro atoms. The van der Waals surface area contributed by atoms with Crippen LogP contribution in [0.15, 0.2) is 65.6 Å². The number of carbonyl (C=O) groups is 1. The number of ether oxygens (including phenoxy) is 1. The van der Waals surface area contributed by atoms with Gasteiger partial charge in [0.2, 0.25) is 0 Å². The SMILES string of the molecule is O=C(Nc1ccc2c(c1)N(S(=O)(=O)c1ccc(F)cc1)C[C@H](CO)O2)c1c(F)cccc1F. The Morgan fingerprint density at radius 3 is 2.36 bits per heavy atom. The van der Waals surface area contributed by atoms with Crippen LogP contribution in [0.1, 0.15) is 10.4 Å². The number of hydrogen-bond acceptors (Lipinski definition) is 5.